The van der Waals surface area contributed by atoms with Gasteiger partial charge in [0.2, 0.25) is 0 Å². The molecule has 0 aromatic heterocycles. The summed E-state index contributed by atoms with van der Waals surface area (Å²) in [5, 5.41) is 10.0. The van der Waals surface area contributed by atoms with Gasteiger partial charge in [-0.15, -0.1) is 0 Å². The van der Waals surface area contributed by atoms with Gasteiger partial charge in [0.05, 0.1) is 0 Å². The first kappa shape index (κ1) is 30.1. The SMILES string of the molecule is c1ccc(-c2ccccc2-c2c3ccccc3c(-c3cccc4ccccc34)c3cccc(-c4cccc(-c5cccc6ccccc56)c4)c23)cc1. The Morgan fingerprint density at radius 2 is 0.635 bits per heavy atom. The second-order valence-electron chi connectivity index (χ2n) is 13.6. The Morgan fingerprint density at radius 3 is 1.37 bits per heavy atom. The minimum Gasteiger partial charge on any atom is -0.0622 e. The summed E-state index contributed by atoms with van der Waals surface area (Å²) < 4.78 is 0. The highest BCUT2D eigenvalue weighted by atomic mass is 14.2. The zero-order valence-corrected chi connectivity index (χ0v) is 28.6. The number of hydrogen-bond donors (Lipinski definition) is 0. The van der Waals surface area contributed by atoms with Gasteiger partial charge in [0.25, 0.3) is 0 Å². The molecule has 0 nitrogen and oxygen atoms in total. The van der Waals surface area contributed by atoms with Crippen molar-refractivity contribution >= 4 is 43.1 Å². The van der Waals surface area contributed by atoms with Crippen molar-refractivity contribution in [3.8, 4) is 55.6 Å². The Labute approximate surface area is 303 Å². The van der Waals surface area contributed by atoms with E-state index in [4.69, 9.17) is 0 Å². The molecule has 52 heavy (non-hydrogen) atoms. The molecule has 10 aromatic carbocycles. The highest BCUT2D eigenvalue weighted by Gasteiger charge is 2.22. The summed E-state index contributed by atoms with van der Waals surface area (Å²) >= 11 is 0. The van der Waals surface area contributed by atoms with Gasteiger partial charge >= 0.3 is 0 Å². The Morgan fingerprint density at radius 1 is 0.212 bits per heavy atom. The topological polar surface area (TPSA) is 0 Å². The lowest BCUT2D eigenvalue weighted by atomic mass is 9.80. The van der Waals surface area contributed by atoms with Crippen molar-refractivity contribution in [3.63, 3.8) is 0 Å². The van der Waals surface area contributed by atoms with E-state index in [1.165, 1.54) is 98.7 Å². The average molecular weight is 659 g/mol. The van der Waals surface area contributed by atoms with E-state index in [0.29, 0.717) is 0 Å². The standard InChI is InChI=1S/C52H34/c1-2-16-35(17-3-1)42-26-8-9-27-46(42)52-48-29-11-10-28-47(48)50(45-32-14-21-37-19-5-7-25-41(37)45)49-33-15-31-44(51(49)52)39-23-12-22-38(34-39)43-30-13-20-36-18-4-6-24-40(36)43/h1-34H. The van der Waals surface area contributed by atoms with Crippen molar-refractivity contribution < 1.29 is 0 Å². The molecular weight excluding hydrogens is 625 g/mol. The van der Waals surface area contributed by atoms with Gasteiger partial charge in [0.15, 0.2) is 0 Å². The van der Waals surface area contributed by atoms with Gasteiger partial charge in [-0.25, -0.2) is 0 Å². The van der Waals surface area contributed by atoms with E-state index in [0.717, 1.165) is 0 Å². The fourth-order valence-corrected chi connectivity index (χ4v) is 8.38. The zero-order valence-electron chi connectivity index (χ0n) is 28.6. The monoisotopic (exact) mass is 658 g/mol. The highest BCUT2D eigenvalue weighted by molar-refractivity contribution is 6.27. The van der Waals surface area contributed by atoms with Crippen LogP contribution in [0.3, 0.4) is 0 Å². The second kappa shape index (κ2) is 12.5. The van der Waals surface area contributed by atoms with Crippen LogP contribution < -0.4 is 0 Å². The molecule has 0 saturated heterocycles. The Kier molecular flexibility index (Phi) is 7.25. The molecule has 242 valence electrons. The summed E-state index contributed by atoms with van der Waals surface area (Å²) in [4.78, 5) is 0. The lowest BCUT2D eigenvalue weighted by Gasteiger charge is -2.22. The second-order valence-corrected chi connectivity index (χ2v) is 13.6. The third-order valence-electron chi connectivity index (χ3n) is 10.7. The van der Waals surface area contributed by atoms with Crippen molar-refractivity contribution in [2.24, 2.45) is 0 Å². The van der Waals surface area contributed by atoms with Crippen molar-refractivity contribution in [2.75, 3.05) is 0 Å². The molecule has 0 heterocycles. The van der Waals surface area contributed by atoms with Gasteiger partial charge in [0, 0.05) is 0 Å². The van der Waals surface area contributed by atoms with Crippen LogP contribution >= 0.6 is 0 Å². The molecule has 0 aliphatic heterocycles. The van der Waals surface area contributed by atoms with Gasteiger partial charge < -0.3 is 0 Å². The molecule has 0 bridgehead atoms. The van der Waals surface area contributed by atoms with Crippen LogP contribution in [0.15, 0.2) is 206 Å². The molecule has 0 aliphatic rings. The minimum atomic E-state index is 1.20. The van der Waals surface area contributed by atoms with E-state index in [-0.39, 0.29) is 0 Å². The summed E-state index contributed by atoms with van der Waals surface area (Å²) in [5.41, 5.74) is 12.4. The van der Waals surface area contributed by atoms with Crippen LogP contribution in [0.5, 0.6) is 0 Å². The van der Waals surface area contributed by atoms with Gasteiger partial charge in [0.1, 0.15) is 0 Å². The largest absolute Gasteiger partial charge is 0.0622 e. The lowest BCUT2D eigenvalue weighted by molar-refractivity contribution is 1.60. The van der Waals surface area contributed by atoms with Crippen LogP contribution in [0, 0.1) is 0 Å². The van der Waals surface area contributed by atoms with E-state index < -0.39 is 0 Å². The molecule has 0 fully saturated rings. The molecule has 0 heteroatoms. The van der Waals surface area contributed by atoms with E-state index >= 15 is 0 Å². The van der Waals surface area contributed by atoms with Crippen molar-refractivity contribution in [1.82, 2.24) is 0 Å². The first-order chi connectivity index (χ1) is 25.8. The van der Waals surface area contributed by atoms with E-state index in [9.17, 15) is 0 Å². The van der Waals surface area contributed by atoms with E-state index in [2.05, 4.69) is 206 Å². The number of hydrogen-bond acceptors (Lipinski definition) is 0. The smallest absolute Gasteiger partial charge is 0.00139 e. The molecule has 0 amide bonds. The average Bonchev–Trinajstić information content (AvgIpc) is 3.22. The van der Waals surface area contributed by atoms with Gasteiger partial charge in [-0.3, -0.25) is 0 Å². The molecule has 0 radical (unpaired) electrons. The van der Waals surface area contributed by atoms with Crippen LogP contribution in [0.2, 0.25) is 0 Å². The molecule has 0 atom stereocenters. The molecule has 0 unspecified atom stereocenters. The molecule has 10 rings (SSSR count). The summed E-state index contributed by atoms with van der Waals surface area (Å²) in [6, 6.07) is 75.6. The van der Waals surface area contributed by atoms with Crippen molar-refractivity contribution in [3.05, 3.63) is 206 Å². The van der Waals surface area contributed by atoms with Gasteiger partial charge in [-0.1, -0.05) is 200 Å². The predicted octanol–water partition coefficient (Wildman–Crippen LogP) is 14.6. The minimum absolute atomic E-state index is 1.20. The predicted molar refractivity (Wildman–Crippen MR) is 224 cm³/mol. The molecular formula is C52H34. The third kappa shape index (κ3) is 4.92. The highest BCUT2D eigenvalue weighted by Crippen LogP contribution is 2.50. The Balaban J connectivity index is 1.35. The van der Waals surface area contributed by atoms with Crippen LogP contribution in [-0.2, 0) is 0 Å². The van der Waals surface area contributed by atoms with Crippen LogP contribution in [0.4, 0.5) is 0 Å². The number of benzene rings is 10. The number of rotatable bonds is 5. The summed E-state index contributed by atoms with van der Waals surface area (Å²) in [7, 11) is 0. The van der Waals surface area contributed by atoms with Gasteiger partial charge in [-0.2, -0.15) is 0 Å². The quantitative estimate of drug-likeness (QED) is 0.161. The van der Waals surface area contributed by atoms with Crippen molar-refractivity contribution in [1.29, 1.82) is 0 Å². The first-order valence-corrected chi connectivity index (χ1v) is 18.0. The molecule has 0 N–H and O–H groups in total. The fraction of sp³-hybridized carbons (Fsp3) is 0. The zero-order chi connectivity index (χ0) is 34.4. The maximum atomic E-state index is 2.39. The summed E-state index contributed by atoms with van der Waals surface area (Å²) in [6.45, 7) is 0. The molecule has 0 aliphatic carbocycles. The van der Waals surface area contributed by atoms with E-state index in [1.807, 2.05) is 0 Å². The fourth-order valence-electron chi connectivity index (χ4n) is 8.38. The van der Waals surface area contributed by atoms with Crippen molar-refractivity contribution in [2.45, 2.75) is 0 Å². The van der Waals surface area contributed by atoms with Gasteiger partial charge in [-0.05, 0) is 105 Å². The summed E-state index contributed by atoms with van der Waals surface area (Å²) in [5.74, 6) is 0. The maximum absolute atomic E-state index is 2.39. The number of fused-ring (bicyclic) bond motifs is 4. The first-order valence-electron chi connectivity index (χ1n) is 18.0. The Bertz CT molecular complexity index is 2940. The molecule has 0 spiro atoms. The van der Waals surface area contributed by atoms with Crippen LogP contribution in [0.25, 0.3) is 98.7 Å². The molecule has 10 aromatic rings. The third-order valence-corrected chi connectivity index (χ3v) is 10.7. The Hall–Kier alpha value is -6.76. The molecule has 0 saturated carbocycles. The normalized spacial score (nSPS) is 11.5. The van der Waals surface area contributed by atoms with Crippen LogP contribution in [-0.4, -0.2) is 0 Å². The van der Waals surface area contributed by atoms with E-state index in [1.54, 1.807) is 0 Å². The summed E-state index contributed by atoms with van der Waals surface area (Å²) in [6.07, 6.45) is 0. The lowest BCUT2D eigenvalue weighted by Crippen LogP contribution is -1.95. The van der Waals surface area contributed by atoms with Crippen LogP contribution in [0.1, 0.15) is 0 Å². The maximum Gasteiger partial charge on any atom is -0.00139 e.